The van der Waals surface area contributed by atoms with Gasteiger partial charge in [-0.1, -0.05) is 41.9 Å². The van der Waals surface area contributed by atoms with Crippen LogP contribution in [0.1, 0.15) is 38.6 Å². The molecule has 2 atom stereocenters. The highest BCUT2D eigenvalue weighted by molar-refractivity contribution is 7.93. The van der Waals surface area contributed by atoms with Gasteiger partial charge in [0.25, 0.3) is 0 Å². The highest BCUT2D eigenvalue weighted by atomic mass is 35.5. The van der Waals surface area contributed by atoms with Crippen LogP contribution in [0, 0.1) is 0 Å². The number of ether oxygens (including phenoxy) is 1. The number of rotatable bonds is 8. The van der Waals surface area contributed by atoms with E-state index in [2.05, 4.69) is 31.8 Å². The molecule has 0 saturated heterocycles. The molecule has 1 aromatic carbocycles. The maximum atomic E-state index is 13.2. The minimum absolute atomic E-state index is 0.178. The van der Waals surface area contributed by atoms with Crippen LogP contribution in [-0.2, 0) is 20.3 Å². The van der Waals surface area contributed by atoms with Crippen molar-refractivity contribution < 1.29 is 13.2 Å². The van der Waals surface area contributed by atoms with Crippen molar-refractivity contribution in [2.24, 2.45) is 0 Å². The Balaban J connectivity index is 1.66. The first-order valence-corrected chi connectivity index (χ1v) is 11.7. The number of hydrogen-bond donors (Lipinski definition) is 1. The molecule has 0 bridgehead atoms. The van der Waals surface area contributed by atoms with E-state index in [1.54, 1.807) is 0 Å². The topological polar surface area (TPSA) is 112 Å². The Morgan fingerprint density at radius 1 is 1.16 bits per heavy atom. The molecule has 31 heavy (non-hydrogen) atoms. The van der Waals surface area contributed by atoms with Crippen LogP contribution >= 0.6 is 11.6 Å². The molecular weight excluding hydrogens is 440 g/mol. The summed E-state index contributed by atoms with van der Waals surface area (Å²) < 4.78 is 36.4. The van der Waals surface area contributed by atoms with E-state index in [9.17, 15) is 8.42 Å². The second-order valence-corrected chi connectivity index (χ2v) is 10.3. The first-order chi connectivity index (χ1) is 14.7. The largest absolute Gasteiger partial charge is 0.372 e. The predicted molar refractivity (Wildman–Crippen MR) is 117 cm³/mol. The Hall–Kier alpha value is -2.56. The number of nitrogens with one attached hydrogen (secondary N) is 1. The summed E-state index contributed by atoms with van der Waals surface area (Å²) in [5.41, 5.74) is 0.626. The molecule has 0 amide bonds. The van der Waals surface area contributed by atoms with E-state index in [-0.39, 0.29) is 17.3 Å². The maximum absolute atomic E-state index is 13.2. The third-order valence-electron chi connectivity index (χ3n) is 5.51. The molecule has 1 aliphatic rings. The van der Waals surface area contributed by atoms with Gasteiger partial charge in [0.05, 0.1) is 5.02 Å². The van der Waals surface area contributed by atoms with E-state index in [4.69, 9.17) is 16.3 Å². The van der Waals surface area contributed by atoms with Gasteiger partial charge in [-0.05, 0) is 26.7 Å². The molecule has 1 aliphatic carbocycles. The van der Waals surface area contributed by atoms with Gasteiger partial charge in [-0.2, -0.15) is 0 Å². The average Bonchev–Trinajstić information content (AvgIpc) is 3.36. The fourth-order valence-corrected chi connectivity index (χ4v) is 4.63. The van der Waals surface area contributed by atoms with Gasteiger partial charge in [0, 0.05) is 30.6 Å². The van der Waals surface area contributed by atoms with E-state index in [1.807, 2.05) is 34.9 Å². The van der Waals surface area contributed by atoms with Crippen LogP contribution in [0.3, 0.4) is 0 Å². The summed E-state index contributed by atoms with van der Waals surface area (Å²) in [7, 11) is -2.51. The normalized spacial score (nSPS) is 17.2. The molecule has 0 spiro atoms. The van der Waals surface area contributed by atoms with Crippen molar-refractivity contribution in [1.82, 2.24) is 24.7 Å². The van der Waals surface area contributed by atoms with Crippen LogP contribution < -0.4 is 4.72 Å². The molecule has 1 N–H and O–H groups in total. The number of hydrogen-bond acceptors (Lipinski definition) is 7. The fourth-order valence-electron chi connectivity index (χ4n) is 3.40. The smallest absolute Gasteiger partial charge is 0.240 e. The highest BCUT2D eigenvalue weighted by Gasteiger charge is 2.44. The molecule has 4 rings (SSSR count). The van der Waals surface area contributed by atoms with Crippen LogP contribution in [0.15, 0.2) is 42.7 Å². The van der Waals surface area contributed by atoms with Crippen molar-refractivity contribution in [2.75, 3.05) is 11.8 Å². The average molecular weight is 463 g/mol. The van der Waals surface area contributed by atoms with Gasteiger partial charge < -0.3 is 4.74 Å². The highest BCUT2D eigenvalue weighted by Crippen LogP contribution is 2.47. The van der Waals surface area contributed by atoms with Crippen LogP contribution in [0.2, 0.25) is 5.02 Å². The van der Waals surface area contributed by atoms with E-state index < -0.39 is 21.4 Å². The first-order valence-electron chi connectivity index (χ1n) is 9.78. The second-order valence-electron chi connectivity index (χ2n) is 7.81. The lowest BCUT2D eigenvalue weighted by atomic mass is 10.2. The molecule has 2 aromatic heterocycles. The second kappa shape index (κ2) is 8.18. The minimum atomic E-state index is -3.92. The van der Waals surface area contributed by atoms with E-state index in [0.29, 0.717) is 10.8 Å². The number of sulfonamides is 1. The third-order valence-corrected chi connectivity index (χ3v) is 7.39. The number of halogens is 1. The molecule has 2 heterocycles. The lowest BCUT2D eigenvalue weighted by molar-refractivity contribution is 0.0950. The monoisotopic (exact) mass is 462 g/mol. The van der Waals surface area contributed by atoms with Crippen molar-refractivity contribution in [3.63, 3.8) is 0 Å². The summed E-state index contributed by atoms with van der Waals surface area (Å²) in [5, 5.41) is 7.80. The standard InChI is InChI=1S/C20H23ClN6O3S/c1-13(16(30-3)17-22-11-15(21)12-23-17)31(28,29)26-19-25-24-18(14-7-5-4-6-8-14)27(19)20(2)9-10-20/h4-8,11-13,16H,9-10H2,1-3H3,(H,25,26)/t13-,16-/m0/s1. The zero-order chi connectivity index (χ0) is 22.2. The molecule has 0 unspecified atom stereocenters. The Bertz CT molecular complexity index is 1160. The van der Waals surface area contributed by atoms with E-state index >= 15 is 0 Å². The first kappa shape index (κ1) is 21.7. The van der Waals surface area contributed by atoms with Crippen LogP contribution in [0.5, 0.6) is 0 Å². The molecule has 164 valence electrons. The van der Waals surface area contributed by atoms with Gasteiger partial charge in [0.15, 0.2) is 11.6 Å². The van der Waals surface area contributed by atoms with Gasteiger partial charge in [0.1, 0.15) is 11.4 Å². The zero-order valence-electron chi connectivity index (χ0n) is 17.4. The van der Waals surface area contributed by atoms with E-state index in [0.717, 1.165) is 18.4 Å². The molecule has 0 radical (unpaired) electrons. The van der Waals surface area contributed by atoms with Crippen molar-refractivity contribution >= 4 is 27.6 Å². The predicted octanol–water partition coefficient (Wildman–Crippen LogP) is 3.42. The SMILES string of the molecule is CO[C@H](c1ncc(Cl)cn1)[C@H](C)S(=O)(=O)Nc1nnc(-c2ccccc2)n1C1(C)CC1. The minimum Gasteiger partial charge on any atom is -0.372 e. The molecule has 1 saturated carbocycles. The molecular formula is C20H23ClN6O3S. The summed E-state index contributed by atoms with van der Waals surface area (Å²) in [4.78, 5) is 8.22. The van der Waals surface area contributed by atoms with Gasteiger partial charge in [-0.25, -0.2) is 18.4 Å². The van der Waals surface area contributed by atoms with Crippen molar-refractivity contribution in [3.05, 3.63) is 53.6 Å². The van der Waals surface area contributed by atoms with Crippen LogP contribution in [-0.4, -0.2) is 45.5 Å². The molecule has 1 fully saturated rings. The maximum Gasteiger partial charge on any atom is 0.240 e. The Morgan fingerprint density at radius 3 is 2.39 bits per heavy atom. The van der Waals surface area contributed by atoms with Crippen LogP contribution in [0.25, 0.3) is 11.4 Å². The quantitative estimate of drug-likeness (QED) is 0.545. The zero-order valence-corrected chi connectivity index (χ0v) is 18.9. The lowest BCUT2D eigenvalue weighted by Gasteiger charge is -2.23. The summed E-state index contributed by atoms with van der Waals surface area (Å²) in [6, 6.07) is 9.58. The van der Waals surface area contributed by atoms with Gasteiger partial charge >= 0.3 is 0 Å². The Kier molecular flexibility index (Phi) is 5.71. The van der Waals surface area contributed by atoms with Gasteiger partial charge in [0.2, 0.25) is 16.0 Å². The number of benzene rings is 1. The summed E-state index contributed by atoms with van der Waals surface area (Å²) in [6.45, 7) is 3.59. The molecule has 9 nitrogen and oxygen atoms in total. The molecule has 11 heteroatoms. The van der Waals surface area contributed by atoms with Crippen molar-refractivity contribution in [3.8, 4) is 11.4 Å². The Labute approximate surface area is 185 Å². The number of aromatic nitrogens is 5. The molecule has 3 aromatic rings. The van der Waals surface area contributed by atoms with Gasteiger partial charge in [-0.15, -0.1) is 10.2 Å². The van der Waals surface area contributed by atoms with Gasteiger partial charge in [-0.3, -0.25) is 9.29 Å². The lowest BCUT2D eigenvalue weighted by Crippen LogP contribution is -2.34. The number of nitrogens with zero attached hydrogens (tertiary/aromatic N) is 5. The summed E-state index contributed by atoms with van der Waals surface area (Å²) in [5.74, 6) is 1.03. The summed E-state index contributed by atoms with van der Waals surface area (Å²) >= 11 is 5.84. The molecule has 0 aliphatic heterocycles. The van der Waals surface area contributed by atoms with Crippen molar-refractivity contribution in [2.45, 2.75) is 43.6 Å². The van der Waals surface area contributed by atoms with E-state index in [1.165, 1.54) is 26.4 Å². The third kappa shape index (κ3) is 4.28. The fraction of sp³-hybridized carbons (Fsp3) is 0.400. The van der Waals surface area contributed by atoms with Crippen LogP contribution in [0.4, 0.5) is 5.95 Å². The number of anilines is 1. The number of methoxy groups -OCH3 is 1. The van der Waals surface area contributed by atoms with Crippen molar-refractivity contribution in [1.29, 1.82) is 0 Å². The summed E-state index contributed by atoms with van der Waals surface area (Å²) in [6.07, 6.45) is 3.73. The Morgan fingerprint density at radius 2 is 1.81 bits per heavy atom.